The molecule has 2 atom stereocenters. The van der Waals surface area contributed by atoms with Crippen molar-refractivity contribution < 1.29 is 38.5 Å². The second-order valence-corrected chi connectivity index (χ2v) is 11.4. The van der Waals surface area contributed by atoms with Crippen LogP contribution in [0.3, 0.4) is 0 Å². The Bertz CT molecular complexity index is 983. The molecule has 0 saturated carbocycles. The quantitative estimate of drug-likeness (QED) is 0.237. The largest absolute Gasteiger partial charge is 0.480 e. The highest BCUT2D eigenvalue weighted by atomic mass is 16.6. The molecule has 9 nitrogen and oxygen atoms in total. The lowest BCUT2D eigenvalue weighted by Crippen LogP contribution is -2.42. The van der Waals surface area contributed by atoms with Crippen molar-refractivity contribution in [3.05, 3.63) is 23.8 Å². The number of carboxylic acids is 1. The normalized spacial score (nSPS) is 13.5. The molecule has 2 N–H and O–H groups in total. The van der Waals surface area contributed by atoms with Gasteiger partial charge in [-0.1, -0.05) is 33.8 Å². The third-order valence-corrected chi connectivity index (χ3v) is 6.58. The van der Waals surface area contributed by atoms with E-state index in [4.69, 9.17) is 14.2 Å². The van der Waals surface area contributed by atoms with Crippen LogP contribution in [0.4, 0.5) is 0 Å². The number of hydrogen-bond acceptors (Lipinski definition) is 8. The van der Waals surface area contributed by atoms with E-state index in [2.05, 4.69) is 5.32 Å². The summed E-state index contributed by atoms with van der Waals surface area (Å²) in [5.41, 5.74) is -0.953. The Kier molecular flexibility index (Phi) is 12.4. The Morgan fingerprint density at radius 2 is 1.42 bits per heavy atom. The first kappa shape index (κ1) is 33.1. The second-order valence-electron chi connectivity index (χ2n) is 11.4. The minimum Gasteiger partial charge on any atom is -0.480 e. The fourth-order valence-corrected chi connectivity index (χ4v) is 3.05. The number of benzene rings is 1. The molecule has 1 rings (SSSR count). The Balaban J connectivity index is 3.14. The molecule has 38 heavy (non-hydrogen) atoms. The maximum absolute atomic E-state index is 12.8. The summed E-state index contributed by atoms with van der Waals surface area (Å²) in [5, 5.41) is 12.7. The molecule has 0 fully saturated rings. The molecular weight excluding hydrogens is 490 g/mol. The van der Waals surface area contributed by atoms with Gasteiger partial charge in [0.1, 0.15) is 12.1 Å². The van der Waals surface area contributed by atoms with Gasteiger partial charge in [-0.2, -0.15) is 0 Å². The first-order valence-electron chi connectivity index (χ1n) is 13.3. The highest BCUT2D eigenvalue weighted by Crippen LogP contribution is 2.34. The molecule has 0 bridgehead atoms. The summed E-state index contributed by atoms with van der Waals surface area (Å²) >= 11 is 0. The molecule has 0 spiro atoms. The molecule has 0 saturated heterocycles. The van der Waals surface area contributed by atoms with E-state index < -0.39 is 40.9 Å². The summed E-state index contributed by atoms with van der Waals surface area (Å²) in [6, 6.07) is 3.67. The van der Waals surface area contributed by atoms with Crippen molar-refractivity contribution in [2.45, 2.75) is 100 Å². The molecule has 0 aliphatic carbocycles. The molecule has 9 heteroatoms. The smallest absolute Gasteiger partial charge is 0.321 e. The summed E-state index contributed by atoms with van der Waals surface area (Å²) in [6.45, 7) is 16.4. The van der Waals surface area contributed by atoms with Gasteiger partial charge in [-0.3, -0.25) is 19.2 Å². The number of hydrogen-bond donors (Lipinski definition) is 2. The molecule has 0 aromatic heterocycles. The van der Waals surface area contributed by atoms with Crippen molar-refractivity contribution in [2.24, 2.45) is 16.7 Å². The molecule has 0 radical (unpaired) electrons. The molecule has 0 aliphatic heterocycles. The fourth-order valence-electron chi connectivity index (χ4n) is 3.05. The summed E-state index contributed by atoms with van der Waals surface area (Å²) < 4.78 is 16.6. The molecule has 0 amide bonds. The van der Waals surface area contributed by atoms with E-state index in [9.17, 15) is 24.3 Å². The number of rotatable bonds is 15. The van der Waals surface area contributed by atoms with E-state index >= 15 is 0 Å². The van der Waals surface area contributed by atoms with Gasteiger partial charge < -0.3 is 24.6 Å². The van der Waals surface area contributed by atoms with Crippen molar-refractivity contribution in [3.8, 4) is 11.5 Å². The highest BCUT2D eigenvalue weighted by Gasteiger charge is 2.32. The monoisotopic (exact) mass is 535 g/mol. The van der Waals surface area contributed by atoms with Crippen molar-refractivity contribution in [2.75, 3.05) is 6.54 Å². The zero-order valence-corrected chi connectivity index (χ0v) is 24.3. The van der Waals surface area contributed by atoms with Crippen LogP contribution in [0.25, 0.3) is 0 Å². The number of carbonyl (C=O) groups is 4. The summed E-state index contributed by atoms with van der Waals surface area (Å²) in [5.74, 6) is -2.08. The Hall–Kier alpha value is -2.94. The minimum atomic E-state index is -1.09. The van der Waals surface area contributed by atoms with Crippen LogP contribution in [0.2, 0.25) is 0 Å². The van der Waals surface area contributed by atoms with E-state index in [1.807, 2.05) is 27.7 Å². The van der Waals surface area contributed by atoms with Gasteiger partial charge in [-0.15, -0.1) is 0 Å². The lowest BCUT2D eigenvalue weighted by Gasteiger charge is -2.24. The van der Waals surface area contributed by atoms with E-state index in [-0.39, 0.29) is 42.8 Å². The van der Waals surface area contributed by atoms with Crippen molar-refractivity contribution in [1.29, 1.82) is 0 Å². The van der Waals surface area contributed by atoms with Gasteiger partial charge in [0.15, 0.2) is 11.5 Å². The van der Waals surface area contributed by atoms with Gasteiger partial charge in [0.25, 0.3) is 0 Å². The predicted octanol–water partition coefficient (Wildman–Crippen LogP) is 4.93. The standard InChI is InChI=1S/C29H45NO8/c1-10-28(6,7)26(34)37-22-13-12-20(16-23(22)38-27(35)29(8,9)11-2)15-21(25(32)33)30-17-19(5)36-24(31)14-18(3)4/h12-13,16,18-19,21,30H,10-11,14-15,17H2,1-9H3,(H,32,33)/t19?,21-/m0/s1. The average Bonchev–Trinajstić information content (AvgIpc) is 2.82. The lowest BCUT2D eigenvalue weighted by atomic mass is 9.90. The van der Waals surface area contributed by atoms with Gasteiger partial charge in [0, 0.05) is 13.0 Å². The van der Waals surface area contributed by atoms with Crippen LogP contribution in [0, 0.1) is 16.7 Å². The van der Waals surface area contributed by atoms with Crippen molar-refractivity contribution >= 4 is 23.9 Å². The van der Waals surface area contributed by atoms with E-state index in [0.29, 0.717) is 18.4 Å². The maximum Gasteiger partial charge on any atom is 0.321 e. The van der Waals surface area contributed by atoms with Crippen molar-refractivity contribution in [1.82, 2.24) is 5.32 Å². The SMILES string of the molecule is CCC(C)(C)C(=O)Oc1ccc(C[C@H](NCC(C)OC(=O)CC(C)C)C(=O)O)cc1OC(=O)C(C)(C)CC. The molecule has 214 valence electrons. The van der Waals surface area contributed by atoms with E-state index in [0.717, 1.165) is 0 Å². The Morgan fingerprint density at radius 1 is 0.895 bits per heavy atom. The van der Waals surface area contributed by atoms with Crippen molar-refractivity contribution in [3.63, 3.8) is 0 Å². The highest BCUT2D eigenvalue weighted by molar-refractivity contribution is 5.81. The van der Waals surface area contributed by atoms with Crippen LogP contribution in [0.5, 0.6) is 11.5 Å². The first-order chi connectivity index (χ1) is 17.5. The number of carboxylic acid groups (broad SMARTS) is 1. The molecule has 1 aromatic rings. The Labute approximate surface area is 226 Å². The third kappa shape index (κ3) is 10.4. The van der Waals surface area contributed by atoms with Crippen LogP contribution in [-0.4, -0.2) is 47.7 Å². The van der Waals surface area contributed by atoms with Gasteiger partial charge in [0.05, 0.1) is 10.8 Å². The second kappa shape index (κ2) is 14.3. The number of aliphatic carboxylic acids is 1. The third-order valence-electron chi connectivity index (χ3n) is 6.58. The zero-order chi connectivity index (χ0) is 29.3. The molecular formula is C29H45NO8. The van der Waals surface area contributed by atoms with Gasteiger partial charge in [-0.05, 0) is 77.5 Å². The number of esters is 3. The fraction of sp³-hybridized carbons (Fsp3) is 0.655. The zero-order valence-electron chi connectivity index (χ0n) is 24.3. The van der Waals surface area contributed by atoms with E-state index in [1.54, 1.807) is 40.7 Å². The first-order valence-corrected chi connectivity index (χ1v) is 13.3. The van der Waals surface area contributed by atoms with Crippen LogP contribution >= 0.6 is 0 Å². The van der Waals surface area contributed by atoms with Crippen LogP contribution < -0.4 is 14.8 Å². The summed E-state index contributed by atoms with van der Waals surface area (Å²) in [4.78, 5) is 49.4. The maximum atomic E-state index is 12.8. The van der Waals surface area contributed by atoms with Gasteiger partial charge in [0.2, 0.25) is 0 Å². The number of ether oxygens (including phenoxy) is 3. The summed E-state index contributed by atoms with van der Waals surface area (Å²) in [7, 11) is 0. The molecule has 1 unspecified atom stereocenters. The van der Waals surface area contributed by atoms with Gasteiger partial charge in [-0.25, -0.2) is 0 Å². The van der Waals surface area contributed by atoms with Gasteiger partial charge >= 0.3 is 23.9 Å². The Morgan fingerprint density at radius 3 is 1.89 bits per heavy atom. The lowest BCUT2D eigenvalue weighted by molar-refractivity contribution is -0.149. The number of nitrogens with one attached hydrogen (secondary N) is 1. The minimum absolute atomic E-state index is 0.0504. The average molecular weight is 536 g/mol. The van der Waals surface area contributed by atoms with E-state index in [1.165, 1.54) is 12.1 Å². The molecule has 0 heterocycles. The predicted molar refractivity (Wildman–Crippen MR) is 144 cm³/mol. The number of carbonyl (C=O) groups excluding carboxylic acids is 3. The molecule has 0 aliphatic rings. The van der Waals surface area contributed by atoms with Crippen LogP contribution in [0.15, 0.2) is 18.2 Å². The topological polar surface area (TPSA) is 128 Å². The molecule has 1 aromatic carbocycles. The van der Waals surface area contributed by atoms with Crippen LogP contribution in [-0.2, 0) is 30.3 Å². The summed E-state index contributed by atoms with van der Waals surface area (Å²) in [6.07, 6.45) is 0.918. The van der Waals surface area contributed by atoms with Crippen LogP contribution in [0.1, 0.15) is 87.1 Å².